The highest BCUT2D eigenvalue weighted by Gasteiger charge is 2.31. The van der Waals surface area contributed by atoms with Gasteiger partial charge in [0.15, 0.2) is 0 Å². The second-order valence-corrected chi connectivity index (χ2v) is 4.61. The van der Waals surface area contributed by atoms with E-state index in [4.69, 9.17) is 0 Å². The van der Waals surface area contributed by atoms with Crippen molar-refractivity contribution < 1.29 is 17.6 Å². The number of fused-ring (bicyclic) bond motifs is 1. The van der Waals surface area contributed by atoms with Crippen LogP contribution >= 0.6 is 0 Å². The first-order valence-corrected chi connectivity index (χ1v) is 6.21. The van der Waals surface area contributed by atoms with Crippen LogP contribution in [0.2, 0.25) is 0 Å². The van der Waals surface area contributed by atoms with Crippen LogP contribution in [0.4, 0.5) is 17.6 Å². The molecule has 0 aliphatic rings. The van der Waals surface area contributed by atoms with E-state index in [9.17, 15) is 22.4 Å². The third-order valence-electron chi connectivity index (χ3n) is 3.23. The molecule has 22 heavy (non-hydrogen) atoms. The molecule has 2 heterocycles. The van der Waals surface area contributed by atoms with Gasteiger partial charge in [-0.15, -0.1) is 0 Å². The Morgan fingerprint density at radius 1 is 1.09 bits per heavy atom. The van der Waals surface area contributed by atoms with Gasteiger partial charge in [0.1, 0.15) is 12.1 Å². The highest BCUT2D eigenvalue weighted by molar-refractivity contribution is 5.80. The van der Waals surface area contributed by atoms with Crippen LogP contribution in [0.25, 0.3) is 16.6 Å². The van der Waals surface area contributed by atoms with Crippen molar-refractivity contribution in [1.29, 1.82) is 0 Å². The summed E-state index contributed by atoms with van der Waals surface area (Å²) in [6.45, 7) is 0. The molecule has 0 fully saturated rings. The van der Waals surface area contributed by atoms with Crippen molar-refractivity contribution in [3.63, 3.8) is 0 Å². The molecule has 0 aliphatic heterocycles. The molecule has 112 valence electrons. The fourth-order valence-corrected chi connectivity index (χ4v) is 2.20. The molecular weight excluding hydrogens is 300 g/mol. The Morgan fingerprint density at radius 3 is 2.50 bits per heavy atom. The van der Waals surface area contributed by atoms with E-state index in [-0.39, 0.29) is 16.6 Å². The van der Waals surface area contributed by atoms with E-state index in [1.54, 1.807) is 0 Å². The Labute approximate surface area is 121 Å². The Bertz CT molecular complexity index is 915. The van der Waals surface area contributed by atoms with Gasteiger partial charge in [-0.3, -0.25) is 4.79 Å². The van der Waals surface area contributed by atoms with Crippen molar-refractivity contribution in [3.8, 4) is 11.1 Å². The zero-order chi connectivity index (χ0) is 15.9. The van der Waals surface area contributed by atoms with Gasteiger partial charge in [0.2, 0.25) is 0 Å². The molecule has 1 aromatic carbocycles. The largest absolute Gasteiger partial charge is 0.416 e. The monoisotopic (exact) mass is 308 g/mol. The van der Waals surface area contributed by atoms with Crippen LogP contribution in [-0.2, 0) is 6.18 Å². The molecular formula is C15H8F4N2O. The number of hydrogen-bond donors (Lipinski definition) is 0. The number of benzene rings is 1. The molecule has 3 rings (SSSR count). The Balaban J connectivity index is 2.40. The molecule has 3 nitrogen and oxygen atoms in total. The SMILES string of the molecule is O=c1ncn2ccc(C(F)(F)F)cc2c1-c1ccccc1F. The minimum Gasteiger partial charge on any atom is -0.307 e. The van der Waals surface area contributed by atoms with Crippen molar-refractivity contribution in [1.82, 2.24) is 9.38 Å². The van der Waals surface area contributed by atoms with Gasteiger partial charge in [-0.05, 0) is 18.2 Å². The number of nitrogens with zero attached hydrogens (tertiary/aromatic N) is 2. The summed E-state index contributed by atoms with van der Waals surface area (Å²) in [6, 6.07) is 7.06. The van der Waals surface area contributed by atoms with Gasteiger partial charge in [0, 0.05) is 11.8 Å². The molecule has 0 unspecified atom stereocenters. The Hall–Kier alpha value is -2.70. The van der Waals surface area contributed by atoms with E-state index in [1.165, 1.54) is 22.6 Å². The number of alkyl halides is 3. The second kappa shape index (κ2) is 4.94. The molecule has 0 saturated heterocycles. The molecule has 0 spiro atoms. The van der Waals surface area contributed by atoms with E-state index in [1.807, 2.05) is 0 Å². The minimum atomic E-state index is -4.56. The predicted octanol–water partition coefficient (Wildman–Crippen LogP) is 3.52. The molecule has 0 radical (unpaired) electrons. The van der Waals surface area contributed by atoms with Gasteiger partial charge in [-0.2, -0.15) is 18.2 Å². The van der Waals surface area contributed by atoms with Crippen LogP contribution in [0.5, 0.6) is 0 Å². The van der Waals surface area contributed by atoms with Crippen molar-refractivity contribution in [2.24, 2.45) is 0 Å². The lowest BCUT2D eigenvalue weighted by atomic mass is 10.0. The fraction of sp³-hybridized carbons (Fsp3) is 0.0667. The van der Waals surface area contributed by atoms with Gasteiger partial charge in [-0.25, -0.2) is 4.39 Å². The number of aromatic nitrogens is 2. The smallest absolute Gasteiger partial charge is 0.307 e. The fourth-order valence-electron chi connectivity index (χ4n) is 2.20. The zero-order valence-corrected chi connectivity index (χ0v) is 10.9. The van der Waals surface area contributed by atoms with Gasteiger partial charge in [0.25, 0.3) is 5.56 Å². The lowest BCUT2D eigenvalue weighted by Crippen LogP contribution is -2.14. The average Bonchev–Trinajstić information content (AvgIpc) is 2.47. The van der Waals surface area contributed by atoms with Crippen molar-refractivity contribution in [2.45, 2.75) is 6.18 Å². The summed E-state index contributed by atoms with van der Waals surface area (Å²) in [5, 5.41) is 0. The van der Waals surface area contributed by atoms with E-state index >= 15 is 0 Å². The standard InChI is InChI=1S/C15H8F4N2O/c16-11-4-2-1-3-10(11)13-12-7-9(15(17,18)19)5-6-21(12)8-20-14(13)22/h1-8H. The normalized spacial score (nSPS) is 11.8. The van der Waals surface area contributed by atoms with Crippen LogP contribution in [0.3, 0.4) is 0 Å². The van der Waals surface area contributed by atoms with Crippen LogP contribution < -0.4 is 5.56 Å². The third kappa shape index (κ3) is 2.34. The van der Waals surface area contributed by atoms with Gasteiger partial charge < -0.3 is 4.40 Å². The topological polar surface area (TPSA) is 34.4 Å². The summed E-state index contributed by atoms with van der Waals surface area (Å²) >= 11 is 0. The maximum Gasteiger partial charge on any atom is 0.416 e. The molecule has 0 aliphatic carbocycles. The summed E-state index contributed by atoms with van der Waals surface area (Å²) in [6.07, 6.45) is -2.33. The lowest BCUT2D eigenvalue weighted by Gasteiger charge is -2.11. The quantitative estimate of drug-likeness (QED) is 0.645. The van der Waals surface area contributed by atoms with E-state index in [2.05, 4.69) is 4.98 Å². The molecule has 0 amide bonds. The van der Waals surface area contributed by atoms with Gasteiger partial charge in [0.05, 0.1) is 16.6 Å². The number of halogens is 4. The maximum absolute atomic E-state index is 13.9. The van der Waals surface area contributed by atoms with Crippen molar-refractivity contribution in [3.05, 3.63) is 70.7 Å². The molecule has 0 saturated carbocycles. The summed E-state index contributed by atoms with van der Waals surface area (Å²) in [7, 11) is 0. The molecule has 0 N–H and O–H groups in total. The summed E-state index contributed by atoms with van der Waals surface area (Å²) in [5.74, 6) is -0.702. The first-order valence-electron chi connectivity index (χ1n) is 6.21. The first-order chi connectivity index (χ1) is 10.4. The average molecular weight is 308 g/mol. The highest BCUT2D eigenvalue weighted by atomic mass is 19.4. The minimum absolute atomic E-state index is 0.0556. The maximum atomic E-state index is 13.9. The van der Waals surface area contributed by atoms with E-state index in [0.717, 1.165) is 30.7 Å². The van der Waals surface area contributed by atoms with Gasteiger partial charge >= 0.3 is 6.18 Å². The summed E-state index contributed by atoms with van der Waals surface area (Å²) < 4.78 is 53.7. The first kappa shape index (κ1) is 14.2. The Morgan fingerprint density at radius 2 is 1.82 bits per heavy atom. The molecule has 2 aromatic heterocycles. The summed E-state index contributed by atoms with van der Waals surface area (Å²) in [4.78, 5) is 15.6. The molecule has 7 heteroatoms. The predicted molar refractivity (Wildman–Crippen MR) is 71.9 cm³/mol. The van der Waals surface area contributed by atoms with Crippen LogP contribution in [0.1, 0.15) is 5.56 Å². The lowest BCUT2D eigenvalue weighted by molar-refractivity contribution is -0.137. The van der Waals surface area contributed by atoms with E-state index < -0.39 is 23.1 Å². The molecule has 3 aromatic rings. The van der Waals surface area contributed by atoms with Crippen LogP contribution in [0, 0.1) is 5.82 Å². The van der Waals surface area contributed by atoms with Gasteiger partial charge in [-0.1, -0.05) is 18.2 Å². The van der Waals surface area contributed by atoms with Crippen molar-refractivity contribution in [2.75, 3.05) is 0 Å². The number of rotatable bonds is 1. The van der Waals surface area contributed by atoms with E-state index in [0.29, 0.717) is 0 Å². The molecule has 0 bridgehead atoms. The summed E-state index contributed by atoms with van der Waals surface area (Å²) in [5.41, 5.74) is -2.05. The number of pyridine rings is 1. The zero-order valence-electron chi connectivity index (χ0n) is 10.9. The molecule has 0 atom stereocenters. The second-order valence-electron chi connectivity index (χ2n) is 4.61. The Kier molecular flexibility index (Phi) is 3.20. The van der Waals surface area contributed by atoms with Crippen LogP contribution in [-0.4, -0.2) is 9.38 Å². The van der Waals surface area contributed by atoms with Crippen molar-refractivity contribution >= 4 is 5.52 Å². The van der Waals surface area contributed by atoms with Crippen LogP contribution in [0.15, 0.2) is 53.7 Å². The number of hydrogen-bond acceptors (Lipinski definition) is 2. The third-order valence-corrected chi connectivity index (χ3v) is 3.23. The highest BCUT2D eigenvalue weighted by Crippen LogP contribution is 2.31.